The predicted molar refractivity (Wildman–Crippen MR) is 141 cm³/mol. The van der Waals surface area contributed by atoms with E-state index in [2.05, 4.69) is 17.0 Å². The Kier molecular flexibility index (Phi) is 7.57. The topological polar surface area (TPSA) is 61.7 Å². The number of likely N-dealkylation sites (tertiary alicyclic amines) is 1. The molecule has 0 unspecified atom stereocenters. The standard InChI is InChI=1S/C29H33N5O2/c35-27(33-19-17-31(18-20-33)23-28(36)32-15-7-8-16-32)14-13-26-22-34(21-24-9-3-1-4-10-24)30-29(26)25-11-5-2-6-12-25/h1-6,9-14,22H,7-8,15-21,23H2/b14-13+. The first kappa shape index (κ1) is 24.0. The Balaban J connectivity index is 1.23. The van der Waals surface area contributed by atoms with Crippen LogP contribution in [0.15, 0.2) is 72.9 Å². The second-order valence-corrected chi connectivity index (χ2v) is 9.50. The third-order valence-electron chi connectivity index (χ3n) is 6.93. The summed E-state index contributed by atoms with van der Waals surface area (Å²) in [7, 11) is 0. The minimum absolute atomic E-state index is 0.00431. The van der Waals surface area contributed by atoms with Crippen LogP contribution in [0, 0.1) is 0 Å². The van der Waals surface area contributed by atoms with E-state index in [0.29, 0.717) is 26.2 Å². The van der Waals surface area contributed by atoms with E-state index < -0.39 is 0 Å². The van der Waals surface area contributed by atoms with Crippen LogP contribution in [0.4, 0.5) is 0 Å². The summed E-state index contributed by atoms with van der Waals surface area (Å²) < 4.78 is 1.93. The molecule has 7 heteroatoms. The lowest BCUT2D eigenvalue weighted by atomic mass is 10.1. The molecule has 186 valence electrons. The van der Waals surface area contributed by atoms with E-state index in [4.69, 9.17) is 5.10 Å². The molecule has 0 radical (unpaired) electrons. The lowest BCUT2D eigenvalue weighted by Crippen LogP contribution is -2.51. The van der Waals surface area contributed by atoms with Gasteiger partial charge in [0.2, 0.25) is 11.8 Å². The predicted octanol–water partition coefficient (Wildman–Crippen LogP) is 3.38. The Hall–Kier alpha value is -3.71. The van der Waals surface area contributed by atoms with Crippen molar-refractivity contribution in [2.75, 3.05) is 45.8 Å². The Morgan fingerprint density at radius 3 is 2.17 bits per heavy atom. The molecule has 2 fully saturated rings. The quantitative estimate of drug-likeness (QED) is 0.484. The summed E-state index contributed by atoms with van der Waals surface area (Å²) in [5, 5.41) is 4.83. The van der Waals surface area contributed by atoms with E-state index in [1.54, 1.807) is 6.08 Å². The number of benzene rings is 2. The van der Waals surface area contributed by atoms with Crippen LogP contribution in [0.2, 0.25) is 0 Å². The molecule has 1 aromatic heterocycles. The number of carbonyl (C=O) groups is 2. The molecule has 36 heavy (non-hydrogen) atoms. The second kappa shape index (κ2) is 11.4. The SMILES string of the molecule is O=C(/C=C/c1cn(Cc2ccccc2)nc1-c1ccccc1)N1CCN(CC(=O)N2CCCC2)CC1. The zero-order valence-corrected chi connectivity index (χ0v) is 20.6. The van der Waals surface area contributed by atoms with Gasteiger partial charge in [-0.15, -0.1) is 0 Å². The van der Waals surface area contributed by atoms with Gasteiger partial charge in [-0.1, -0.05) is 60.7 Å². The Morgan fingerprint density at radius 1 is 0.806 bits per heavy atom. The molecule has 7 nitrogen and oxygen atoms in total. The summed E-state index contributed by atoms with van der Waals surface area (Å²) >= 11 is 0. The van der Waals surface area contributed by atoms with Crippen molar-refractivity contribution >= 4 is 17.9 Å². The van der Waals surface area contributed by atoms with Gasteiger partial charge in [0.05, 0.1) is 18.8 Å². The van der Waals surface area contributed by atoms with Crippen molar-refractivity contribution in [3.8, 4) is 11.3 Å². The number of hydrogen-bond acceptors (Lipinski definition) is 4. The molecule has 2 saturated heterocycles. The summed E-state index contributed by atoms with van der Waals surface area (Å²) in [4.78, 5) is 31.4. The van der Waals surface area contributed by atoms with Crippen LogP contribution < -0.4 is 0 Å². The molecular formula is C29H33N5O2. The number of hydrogen-bond donors (Lipinski definition) is 0. The number of carbonyl (C=O) groups excluding carboxylic acids is 2. The van der Waals surface area contributed by atoms with Crippen LogP contribution in [0.1, 0.15) is 24.0 Å². The van der Waals surface area contributed by atoms with Gasteiger partial charge in [-0.25, -0.2) is 0 Å². The zero-order valence-electron chi connectivity index (χ0n) is 20.6. The van der Waals surface area contributed by atoms with Crippen LogP contribution in [0.3, 0.4) is 0 Å². The van der Waals surface area contributed by atoms with E-state index >= 15 is 0 Å². The van der Waals surface area contributed by atoms with Crippen molar-refractivity contribution in [1.29, 1.82) is 0 Å². The average molecular weight is 484 g/mol. The molecule has 0 spiro atoms. The number of piperazine rings is 1. The number of amides is 2. The van der Waals surface area contributed by atoms with E-state index in [1.165, 1.54) is 5.56 Å². The monoisotopic (exact) mass is 483 g/mol. The van der Waals surface area contributed by atoms with E-state index in [9.17, 15) is 9.59 Å². The minimum atomic E-state index is -0.00431. The van der Waals surface area contributed by atoms with Gasteiger partial charge in [0.1, 0.15) is 0 Å². The highest BCUT2D eigenvalue weighted by Crippen LogP contribution is 2.24. The Labute approximate surface area is 212 Å². The van der Waals surface area contributed by atoms with Crippen LogP contribution in [-0.4, -0.2) is 82.1 Å². The highest BCUT2D eigenvalue weighted by molar-refractivity contribution is 5.93. The van der Waals surface area contributed by atoms with E-state index in [-0.39, 0.29) is 11.8 Å². The third kappa shape index (κ3) is 5.91. The third-order valence-corrected chi connectivity index (χ3v) is 6.93. The molecule has 2 aromatic carbocycles. The first-order chi connectivity index (χ1) is 17.7. The number of rotatable bonds is 7. The fraction of sp³-hybridized carbons (Fsp3) is 0.345. The summed E-state index contributed by atoms with van der Waals surface area (Å²) in [5.74, 6) is 0.212. The lowest BCUT2D eigenvalue weighted by Gasteiger charge is -2.34. The van der Waals surface area contributed by atoms with Crippen molar-refractivity contribution in [3.05, 3.63) is 84.1 Å². The largest absolute Gasteiger partial charge is 0.342 e. The summed E-state index contributed by atoms with van der Waals surface area (Å²) in [6.07, 6.45) is 7.75. The van der Waals surface area contributed by atoms with E-state index in [1.807, 2.05) is 75.3 Å². The van der Waals surface area contributed by atoms with Crippen molar-refractivity contribution in [1.82, 2.24) is 24.5 Å². The van der Waals surface area contributed by atoms with Gasteiger partial charge in [0.25, 0.3) is 0 Å². The molecule has 0 bridgehead atoms. The fourth-order valence-corrected chi connectivity index (χ4v) is 4.88. The molecule has 0 N–H and O–H groups in total. The molecule has 2 amide bonds. The Bertz CT molecular complexity index is 1190. The van der Waals surface area contributed by atoms with Crippen molar-refractivity contribution in [2.45, 2.75) is 19.4 Å². The van der Waals surface area contributed by atoms with Crippen molar-refractivity contribution in [2.24, 2.45) is 0 Å². The summed E-state index contributed by atoms with van der Waals surface area (Å²) in [5.41, 5.74) is 3.97. The molecule has 2 aliphatic heterocycles. The lowest BCUT2D eigenvalue weighted by molar-refractivity contribution is -0.132. The first-order valence-corrected chi connectivity index (χ1v) is 12.8. The van der Waals surface area contributed by atoms with Crippen LogP contribution in [-0.2, 0) is 16.1 Å². The second-order valence-electron chi connectivity index (χ2n) is 9.50. The van der Waals surface area contributed by atoms with Gasteiger partial charge in [0, 0.05) is 62.7 Å². The molecule has 0 saturated carbocycles. The number of aromatic nitrogens is 2. The maximum Gasteiger partial charge on any atom is 0.246 e. The normalized spacial score (nSPS) is 16.7. The smallest absolute Gasteiger partial charge is 0.246 e. The van der Waals surface area contributed by atoms with Gasteiger partial charge in [0.15, 0.2) is 0 Å². The van der Waals surface area contributed by atoms with Gasteiger partial charge in [-0.05, 0) is 24.5 Å². The fourth-order valence-electron chi connectivity index (χ4n) is 4.88. The molecule has 0 aliphatic carbocycles. The highest BCUT2D eigenvalue weighted by Gasteiger charge is 2.24. The average Bonchev–Trinajstić information content (AvgIpc) is 3.60. The Morgan fingerprint density at radius 2 is 1.47 bits per heavy atom. The van der Waals surface area contributed by atoms with E-state index in [0.717, 1.165) is 55.8 Å². The molecule has 3 aromatic rings. The summed E-state index contributed by atoms with van der Waals surface area (Å²) in [6, 6.07) is 20.3. The molecule has 0 atom stereocenters. The van der Waals surface area contributed by atoms with Gasteiger partial charge in [-0.3, -0.25) is 19.2 Å². The molecule has 5 rings (SSSR count). The highest BCUT2D eigenvalue weighted by atomic mass is 16.2. The van der Waals surface area contributed by atoms with Crippen LogP contribution in [0.5, 0.6) is 0 Å². The van der Waals surface area contributed by atoms with Crippen molar-refractivity contribution in [3.63, 3.8) is 0 Å². The van der Waals surface area contributed by atoms with Gasteiger partial charge < -0.3 is 9.80 Å². The minimum Gasteiger partial charge on any atom is -0.342 e. The first-order valence-electron chi connectivity index (χ1n) is 12.8. The molecular weight excluding hydrogens is 450 g/mol. The maximum absolute atomic E-state index is 13.0. The number of nitrogens with zero attached hydrogens (tertiary/aromatic N) is 5. The summed E-state index contributed by atoms with van der Waals surface area (Å²) in [6.45, 7) is 5.61. The van der Waals surface area contributed by atoms with Gasteiger partial charge >= 0.3 is 0 Å². The molecule has 2 aliphatic rings. The van der Waals surface area contributed by atoms with Gasteiger partial charge in [-0.2, -0.15) is 5.10 Å². The van der Waals surface area contributed by atoms with Crippen LogP contribution >= 0.6 is 0 Å². The van der Waals surface area contributed by atoms with Crippen LogP contribution in [0.25, 0.3) is 17.3 Å². The van der Waals surface area contributed by atoms with Crippen molar-refractivity contribution < 1.29 is 9.59 Å². The maximum atomic E-state index is 13.0. The molecule has 3 heterocycles. The zero-order chi connectivity index (χ0) is 24.7.